The van der Waals surface area contributed by atoms with Crippen molar-refractivity contribution in [2.45, 2.75) is 28.5 Å². The van der Waals surface area contributed by atoms with E-state index < -0.39 is 0 Å². The van der Waals surface area contributed by atoms with E-state index in [1.54, 1.807) is 35.7 Å². The number of aryl methyl sites for hydroxylation is 1. The number of rotatable bonds is 7. The summed E-state index contributed by atoms with van der Waals surface area (Å²) in [4.78, 5) is 12.7. The van der Waals surface area contributed by atoms with Gasteiger partial charge < -0.3 is 9.30 Å². The van der Waals surface area contributed by atoms with Crippen LogP contribution in [0.2, 0.25) is 0 Å². The lowest BCUT2D eigenvalue weighted by molar-refractivity contribution is 0.0600. The first-order valence-corrected chi connectivity index (χ1v) is 10.4. The summed E-state index contributed by atoms with van der Waals surface area (Å²) >= 11 is 3.38. The predicted octanol–water partition coefficient (Wildman–Crippen LogP) is 4.49. The van der Waals surface area contributed by atoms with Crippen LogP contribution in [-0.2, 0) is 23.3 Å². The van der Waals surface area contributed by atoms with Crippen LogP contribution in [0.1, 0.15) is 27.3 Å². The van der Waals surface area contributed by atoms with Crippen molar-refractivity contribution in [3.05, 3.63) is 71.0 Å². The first kappa shape index (κ1) is 19.5. The van der Waals surface area contributed by atoms with E-state index in [4.69, 9.17) is 4.74 Å². The van der Waals surface area contributed by atoms with Gasteiger partial charge in [0.1, 0.15) is 5.82 Å². The average Bonchev–Trinajstić information content (AvgIpc) is 3.05. The summed E-state index contributed by atoms with van der Waals surface area (Å²) in [5.74, 6) is 2.17. The van der Waals surface area contributed by atoms with Crippen LogP contribution in [0.5, 0.6) is 0 Å². The second-order valence-corrected chi connectivity index (χ2v) is 8.03. The largest absolute Gasteiger partial charge is 0.465 e. The van der Waals surface area contributed by atoms with E-state index in [1.165, 1.54) is 17.6 Å². The number of carbonyl (C=O) groups is 1. The van der Waals surface area contributed by atoms with Crippen molar-refractivity contribution < 1.29 is 9.53 Å². The Morgan fingerprint density at radius 1 is 1.00 bits per heavy atom. The Bertz CT molecular complexity index is 906. The van der Waals surface area contributed by atoms with E-state index in [9.17, 15) is 4.79 Å². The molecule has 5 nitrogen and oxygen atoms in total. The molecular formula is C20H21N3O2S2. The second-order valence-electron chi connectivity index (χ2n) is 6.04. The normalized spacial score (nSPS) is 10.8. The topological polar surface area (TPSA) is 57.0 Å². The monoisotopic (exact) mass is 399 g/mol. The number of nitrogens with zero attached hydrogens (tertiary/aromatic N) is 3. The maximum absolute atomic E-state index is 11.5. The van der Waals surface area contributed by atoms with Gasteiger partial charge in [-0.3, -0.25) is 0 Å². The Morgan fingerprint density at radius 2 is 1.70 bits per heavy atom. The van der Waals surface area contributed by atoms with Crippen LogP contribution in [-0.4, -0.2) is 27.8 Å². The number of carbonyl (C=O) groups excluding carboxylic acids is 1. The van der Waals surface area contributed by atoms with Gasteiger partial charge in [0.25, 0.3) is 0 Å². The van der Waals surface area contributed by atoms with Crippen LogP contribution in [0.25, 0.3) is 0 Å². The van der Waals surface area contributed by atoms with Crippen LogP contribution in [0.3, 0.4) is 0 Å². The van der Waals surface area contributed by atoms with Gasteiger partial charge in [0.05, 0.1) is 18.4 Å². The number of benzene rings is 2. The van der Waals surface area contributed by atoms with Crippen molar-refractivity contribution in [2.24, 2.45) is 7.05 Å². The minimum atomic E-state index is -0.321. The first-order valence-electron chi connectivity index (χ1n) is 8.44. The summed E-state index contributed by atoms with van der Waals surface area (Å²) < 4.78 is 6.75. The summed E-state index contributed by atoms with van der Waals surface area (Å²) in [6.07, 6.45) is 0. The number of hydrogen-bond donors (Lipinski definition) is 0. The number of hydrogen-bond acceptors (Lipinski definition) is 6. The van der Waals surface area contributed by atoms with Crippen LogP contribution in [0, 0.1) is 6.92 Å². The van der Waals surface area contributed by atoms with Gasteiger partial charge in [0.2, 0.25) is 0 Å². The lowest BCUT2D eigenvalue weighted by Gasteiger charge is -2.05. The average molecular weight is 400 g/mol. The van der Waals surface area contributed by atoms with Crippen molar-refractivity contribution >= 4 is 29.5 Å². The molecule has 0 amide bonds. The van der Waals surface area contributed by atoms with Crippen LogP contribution < -0.4 is 0 Å². The minimum absolute atomic E-state index is 0.321. The van der Waals surface area contributed by atoms with E-state index in [0.29, 0.717) is 5.56 Å². The molecule has 0 saturated heterocycles. The zero-order valence-corrected chi connectivity index (χ0v) is 17.1. The Labute approximate surface area is 167 Å². The fourth-order valence-corrected chi connectivity index (χ4v) is 4.14. The highest BCUT2D eigenvalue weighted by molar-refractivity contribution is 7.98. The molecule has 0 spiro atoms. The van der Waals surface area contributed by atoms with Gasteiger partial charge >= 0.3 is 5.97 Å². The number of methoxy groups -OCH3 is 1. The van der Waals surface area contributed by atoms with Gasteiger partial charge in [-0.1, -0.05) is 41.6 Å². The van der Waals surface area contributed by atoms with E-state index in [-0.39, 0.29) is 5.97 Å². The van der Waals surface area contributed by atoms with Gasteiger partial charge in [-0.05, 0) is 36.8 Å². The van der Waals surface area contributed by atoms with Crippen LogP contribution >= 0.6 is 23.5 Å². The quantitative estimate of drug-likeness (QED) is 0.431. The molecule has 7 heteroatoms. The molecule has 0 N–H and O–H groups in total. The summed E-state index contributed by atoms with van der Waals surface area (Å²) in [5, 5.41) is 9.50. The molecule has 3 aromatic rings. The summed E-state index contributed by atoms with van der Waals surface area (Å²) in [5.41, 5.74) is 2.93. The molecule has 0 atom stereocenters. The number of ether oxygens (including phenoxy) is 1. The Morgan fingerprint density at radius 3 is 2.37 bits per heavy atom. The molecule has 27 heavy (non-hydrogen) atoms. The Kier molecular flexibility index (Phi) is 6.58. The van der Waals surface area contributed by atoms with E-state index >= 15 is 0 Å². The minimum Gasteiger partial charge on any atom is -0.465 e. The fourth-order valence-electron chi connectivity index (χ4n) is 2.38. The molecule has 1 heterocycles. The highest BCUT2D eigenvalue weighted by atomic mass is 32.2. The molecule has 1 aromatic heterocycles. The van der Waals surface area contributed by atoms with Crippen LogP contribution in [0.15, 0.2) is 58.6 Å². The molecule has 0 aliphatic carbocycles. The number of esters is 1. The van der Waals surface area contributed by atoms with Gasteiger partial charge in [-0.15, -0.1) is 22.0 Å². The molecule has 0 bridgehead atoms. The fraction of sp³-hybridized carbons (Fsp3) is 0.250. The zero-order valence-electron chi connectivity index (χ0n) is 15.5. The molecule has 0 unspecified atom stereocenters. The predicted molar refractivity (Wildman–Crippen MR) is 109 cm³/mol. The number of thioether (sulfide) groups is 2. The summed E-state index contributed by atoms with van der Waals surface area (Å²) in [6, 6.07) is 15.9. The molecule has 0 aliphatic heterocycles. The van der Waals surface area contributed by atoms with Crippen molar-refractivity contribution in [3.8, 4) is 0 Å². The van der Waals surface area contributed by atoms with Gasteiger partial charge in [0.15, 0.2) is 5.16 Å². The molecule has 2 aromatic carbocycles. The van der Waals surface area contributed by atoms with E-state index in [1.807, 2.05) is 23.7 Å². The highest BCUT2D eigenvalue weighted by Crippen LogP contribution is 2.25. The molecule has 0 aliphatic rings. The lowest BCUT2D eigenvalue weighted by atomic mass is 10.1. The third-order valence-corrected chi connectivity index (χ3v) is 6.16. The molecule has 0 fully saturated rings. The summed E-state index contributed by atoms with van der Waals surface area (Å²) in [7, 11) is 3.38. The smallest absolute Gasteiger partial charge is 0.337 e. The van der Waals surface area contributed by atoms with E-state index in [0.717, 1.165) is 28.0 Å². The molecular weight excluding hydrogens is 378 g/mol. The first-order chi connectivity index (χ1) is 13.1. The standard InChI is InChI=1S/C20H21N3O2S2/c1-14-4-10-17(11-5-14)26-13-18-21-22-20(23(18)2)27-12-15-6-8-16(9-7-15)19(24)25-3/h4-11H,12-13H2,1-3H3. The zero-order chi connectivity index (χ0) is 19.2. The molecule has 0 radical (unpaired) electrons. The van der Waals surface area contributed by atoms with Crippen molar-refractivity contribution in [1.82, 2.24) is 14.8 Å². The van der Waals surface area contributed by atoms with Crippen LogP contribution in [0.4, 0.5) is 0 Å². The van der Waals surface area contributed by atoms with Gasteiger partial charge in [-0.25, -0.2) is 4.79 Å². The maximum atomic E-state index is 11.5. The van der Waals surface area contributed by atoms with Gasteiger partial charge in [-0.2, -0.15) is 0 Å². The molecule has 0 saturated carbocycles. The third-order valence-electron chi connectivity index (χ3n) is 4.06. The Balaban J connectivity index is 1.57. The van der Waals surface area contributed by atoms with Gasteiger partial charge in [0, 0.05) is 17.7 Å². The third kappa shape index (κ3) is 5.14. The van der Waals surface area contributed by atoms with Crippen molar-refractivity contribution in [1.29, 1.82) is 0 Å². The Hall–Kier alpha value is -2.25. The second kappa shape index (κ2) is 9.10. The molecule has 3 rings (SSSR count). The summed E-state index contributed by atoms with van der Waals surface area (Å²) in [6.45, 7) is 2.09. The van der Waals surface area contributed by atoms with Crippen molar-refractivity contribution in [3.63, 3.8) is 0 Å². The molecule has 140 valence electrons. The lowest BCUT2D eigenvalue weighted by Crippen LogP contribution is -2.00. The number of aromatic nitrogens is 3. The van der Waals surface area contributed by atoms with Crippen molar-refractivity contribution in [2.75, 3.05) is 7.11 Å². The SMILES string of the molecule is COC(=O)c1ccc(CSc2nnc(CSc3ccc(C)cc3)n2C)cc1. The maximum Gasteiger partial charge on any atom is 0.337 e. The highest BCUT2D eigenvalue weighted by Gasteiger charge is 2.10. The van der Waals surface area contributed by atoms with E-state index in [2.05, 4.69) is 41.4 Å².